The fraction of sp³-hybridized carbons (Fsp3) is 0.0667. The van der Waals surface area contributed by atoms with Gasteiger partial charge in [0, 0.05) is 14.7 Å². The van der Waals surface area contributed by atoms with Crippen LogP contribution in [0.2, 0.25) is 0 Å². The van der Waals surface area contributed by atoms with Crippen molar-refractivity contribution in [1.82, 2.24) is 0 Å². The molecule has 0 N–H and O–H groups in total. The van der Waals surface area contributed by atoms with E-state index in [-0.39, 0.29) is 11.2 Å². The van der Waals surface area contributed by atoms with Gasteiger partial charge in [-0.25, -0.2) is 4.39 Å². The first-order valence-electron chi connectivity index (χ1n) is 5.84. The molecule has 0 saturated carbocycles. The van der Waals surface area contributed by atoms with Gasteiger partial charge in [0.25, 0.3) is 0 Å². The minimum Gasteiger partial charge on any atom is -0.206 e. The molecule has 0 saturated heterocycles. The molecule has 2 aromatic carbocycles. The smallest absolute Gasteiger partial charge is 0.131 e. The fourth-order valence-electron chi connectivity index (χ4n) is 2.15. The van der Waals surface area contributed by atoms with E-state index in [2.05, 4.69) is 31.9 Å². The quantitative estimate of drug-likeness (QED) is 0.385. The minimum absolute atomic E-state index is 0.221. The van der Waals surface area contributed by atoms with Gasteiger partial charge in [0.15, 0.2) is 0 Å². The molecule has 0 aliphatic rings. The summed E-state index contributed by atoms with van der Waals surface area (Å²) in [6.45, 7) is 0. The minimum atomic E-state index is -0.298. The number of alkyl halides is 1. The molecular weight excluding hydrogens is 426 g/mol. The van der Waals surface area contributed by atoms with E-state index >= 15 is 0 Å². The Morgan fingerprint density at radius 3 is 2.40 bits per heavy atom. The molecule has 3 rings (SSSR count). The maximum Gasteiger partial charge on any atom is 0.131 e. The summed E-state index contributed by atoms with van der Waals surface area (Å²) in [7, 11) is 0. The molecule has 0 amide bonds. The number of halogens is 4. The van der Waals surface area contributed by atoms with Gasteiger partial charge in [-0.1, -0.05) is 30.3 Å². The Labute approximate surface area is 141 Å². The van der Waals surface area contributed by atoms with Crippen LogP contribution in [0.4, 0.5) is 4.39 Å². The first-order chi connectivity index (χ1) is 9.58. The van der Waals surface area contributed by atoms with Crippen LogP contribution < -0.4 is 0 Å². The third-order valence-electron chi connectivity index (χ3n) is 3.09. The molecule has 1 aromatic heterocycles. The maximum absolute atomic E-state index is 13.8. The van der Waals surface area contributed by atoms with Crippen LogP contribution in [0.25, 0.3) is 10.8 Å². The standard InChI is InChI=1S/C15H8Br2ClFS/c16-11-7-13(20-15(11)17)14(18)10-5-6-12(19)9-4-2-1-3-8(9)10/h1-7,14H. The molecule has 20 heavy (non-hydrogen) atoms. The van der Waals surface area contributed by atoms with E-state index < -0.39 is 0 Å². The van der Waals surface area contributed by atoms with Crippen molar-refractivity contribution in [2.24, 2.45) is 0 Å². The Kier molecular flexibility index (Phi) is 4.18. The molecule has 0 radical (unpaired) electrons. The van der Waals surface area contributed by atoms with E-state index in [1.54, 1.807) is 23.5 Å². The summed E-state index contributed by atoms with van der Waals surface area (Å²) >= 11 is 15.1. The Hall–Kier alpha value is -0.420. The normalized spacial score (nSPS) is 12.8. The molecule has 1 heterocycles. The molecule has 102 valence electrons. The Bertz CT molecular complexity index is 765. The van der Waals surface area contributed by atoms with E-state index in [4.69, 9.17) is 11.6 Å². The number of rotatable bonds is 2. The Morgan fingerprint density at radius 2 is 1.75 bits per heavy atom. The van der Waals surface area contributed by atoms with Crippen LogP contribution >= 0.6 is 54.8 Å². The van der Waals surface area contributed by atoms with Crippen molar-refractivity contribution in [2.45, 2.75) is 5.38 Å². The van der Waals surface area contributed by atoms with Gasteiger partial charge < -0.3 is 0 Å². The highest BCUT2D eigenvalue weighted by molar-refractivity contribution is 9.13. The highest BCUT2D eigenvalue weighted by Gasteiger charge is 2.18. The van der Waals surface area contributed by atoms with Gasteiger partial charge in [-0.3, -0.25) is 0 Å². The van der Waals surface area contributed by atoms with Crippen molar-refractivity contribution in [3.63, 3.8) is 0 Å². The molecule has 0 spiro atoms. The highest BCUT2D eigenvalue weighted by atomic mass is 79.9. The lowest BCUT2D eigenvalue weighted by molar-refractivity contribution is 0.639. The van der Waals surface area contributed by atoms with Crippen molar-refractivity contribution in [3.05, 3.63) is 67.0 Å². The van der Waals surface area contributed by atoms with Gasteiger partial charge in [0.1, 0.15) is 5.82 Å². The van der Waals surface area contributed by atoms with E-state index in [1.807, 2.05) is 24.3 Å². The fourth-order valence-corrected chi connectivity index (χ4v) is 4.62. The zero-order chi connectivity index (χ0) is 14.3. The summed E-state index contributed by atoms with van der Waals surface area (Å²) in [4.78, 5) is 1.02. The van der Waals surface area contributed by atoms with Crippen molar-refractivity contribution < 1.29 is 4.39 Å². The summed E-state index contributed by atoms with van der Waals surface area (Å²) in [5.41, 5.74) is 0.921. The first-order valence-corrected chi connectivity index (χ1v) is 8.68. The van der Waals surface area contributed by atoms with Gasteiger partial charge in [-0.05, 0) is 54.9 Å². The Morgan fingerprint density at radius 1 is 1.05 bits per heavy atom. The van der Waals surface area contributed by atoms with Gasteiger partial charge in [0.05, 0.1) is 9.16 Å². The topological polar surface area (TPSA) is 0 Å². The summed E-state index contributed by atoms with van der Waals surface area (Å²) < 4.78 is 15.8. The van der Waals surface area contributed by atoms with Crippen molar-refractivity contribution in [3.8, 4) is 0 Å². The summed E-state index contributed by atoms with van der Waals surface area (Å²) in [5.74, 6) is -0.221. The monoisotopic (exact) mass is 432 g/mol. The van der Waals surface area contributed by atoms with E-state index in [0.29, 0.717) is 5.39 Å². The largest absolute Gasteiger partial charge is 0.206 e. The molecule has 0 fully saturated rings. The zero-order valence-electron chi connectivity index (χ0n) is 10.0. The number of hydrogen-bond donors (Lipinski definition) is 0. The van der Waals surface area contributed by atoms with Crippen LogP contribution in [-0.2, 0) is 0 Å². The van der Waals surface area contributed by atoms with E-state index in [0.717, 1.165) is 24.1 Å². The van der Waals surface area contributed by atoms with Crippen LogP contribution in [0.3, 0.4) is 0 Å². The Balaban J connectivity index is 2.17. The van der Waals surface area contributed by atoms with Gasteiger partial charge in [-0.15, -0.1) is 22.9 Å². The molecule has 1 unspecified atom stereocenters. The number of hydrogen-bond acceptors (Lipinski definition) is 1. The molecule has 3 aromatic rings. The molecular formula is C15H8Br2ClFS. The molecule has 5 heteroatoms. The lowest BCUT2D eigenvalue weighted by Crippen LogP contribution is -1.93. The molecule has 1 atom stereocenters. The van der Waals surface area contributed by atoms with Gasteiger partial charge in [-0.2, -0.15) is 0 Å². The number of fused-ring (bicyclic) bond motifs is 1. The van der Waals surface area contributed by atoms with Crippen LogP contribution in [0.15, 0.2) is 50.7 Å². The van der Waals surface area contributed by atoms with Gasteiger partial charge >= 0.3 is 0 Å². The van der Waals surface area contributed by atoms with Crippen molar-refractivity contribution in [1.29, 1.82) is 0 Å². The lowest BCUT2D eigenvalue weighted by Gasteiger charge is -2.12. The third-order valence-corrected chi connectivity index (χ3v) is 7.01. The highest BCUT2D eigenvalue weighted by Crippen LogP contribution is 2.42. The predicted molar refractivity (Wildman–Crippen MR) is 91.3 cm³/mol. The molecule has 0 aliphatic heterocycles. The third kappa shape index (κ3) is 2.54. The number of thiophene rings is 1. The van der Waals surface area contributed by atoms with Crippen LogP contribution in [0.5, 0.6) is 0 Å². The summed E-state index contributed by atoms with van der Waals surface area (Å²) in [5, 5.41) is 1.16. The van der Waals surface area contributed by atoms with Gasteiger partial charge in [0.2, 0.25) is 0 Å². The second-order valence-electron chi connectivity index (χ2n) is 4.32. The molecule has 0 nitrogen and oxygen atoms in total. The zero-order valence-corrected chi connectivity index (χ0v) is 14.8. The first kappa shape index (κ1) is 14.5. The molecule has 0 bridgehead atoms. The lowest BCUT2D eigenvalue weighted by atomic mass is 10.0. The van der Waals surface area contributed by atoms with Crippen LogP contribution in [-0.4, -0.2) is 0 Å². The number of benzene rings is 2. The molecule has 0 aliphatic carbocycles. The second kappa shape index (κ2) is 5.76. The van der Waals surface area contributed by atoms with Crippen LogP contribution in [0, 0.1) is 5.82 Å². The average Bonchev–Trinajstić information content (AvgIpc) is 2.79. The summed E-state index contributed by atoms with van der Waals surface area (Å²) in [6.07, 6.45) is 0. The average molecular weight is 435 g/mol. The second-order valence-corrected chi connectivity index (χ2v) is 8.01. The van der Waals surface area contributed by atoms with Crippen LogP contribution in [0.1, 0.15) is 15.8 Å². The SMILES string of the molecule is Fc1ccc(C(Cl)c2cc(Br)c(Br)s2)c2ccccc12. The van der Waals surface area contributed by atoms with Crippen molar-refractivity contribution in [2.75, 3.05) is 0 Å². The predicted octanol–water partition coefficient (Wildman–Crippen LogP) is 6.89. The van der Waals surface area contributed by atoms with E-state index in [1.165, 1.54) is 6.07 Å². The van der Waals surface area contributed by atoms with E-state index in [9.17, 15) is 4.39 Å². The van der Waals surface area contributed by atoms with Crippen molar-refractivity contribution >= 4 is 65.6 Å². The summed E-state index contributed by atoms with van der Waals surface area (Å²) in [6, 6.07) is 12.6. The maximum atomic E-state index is 13.8.